The number of fused-ring (bicyclic) bond motifs is 1. The molecular formula is C21H26N4O2S. The van der Waals surface area contributed by atoms with Gasteiger partial charge >= 0.3 is 0 Å². The fraction of sp³-hybridized carbons (Fsp3) is 0.381. The van der Waals surface area contributed by atoms with Gasteiger partial charge in [0.05, 0.1) is 15.9 Å². The number of sulfonamides is 1. The summed E-state index contributed by atoms with van der Waals surface area (Å²) < 4.78 is 29.7. The second-order valence-electron chi connectivity index (χ2n) is 7.57. The Morgan fingerprint density at radius 1 is 0.929 bits per heavy atom. The fourth-order valence-electron chi connectivity index (χ4n) is 3.72. The number of piperazine rings is 1. The first-order valence-electron chi connectivity index (χ1n) is 9.64. The second kappa shape index (κ2) is 7.22. The predicted octanol–water partition coefficient (Wildman–Crippen LogP) is 3.21. The van der Waals surface area contributed by atoms with Crippen molar-refractivity contribution in [1.82, 2.24) is 13.9 Å². The van der Waals surface area contributed by atoms with Gasteiger partial charge in [-0.25, -0.2) is 13.4 Å². The van der Waals surface area contributed by atoms with Crippen molar-refractivity contribution in [2.24, 2.45) is 7.05 Å². The van der Waals surface area contributed by atoms with Gasteiger partial charge in [-0.3, -0.25) is 0 Å². The average molecular weight is 399 g/mol. The van der Waals surface area contributed by atoms with Crippen LogP contribution in [0, 0.1) is 0 Å². The van der Waals surface area contributed by atoms with Crippen LogP contribution in [0.1, 0.15) is 25.3 Å². The van der Waals surface area contributed by atoms with E-state index < -0.39 is 10.0 Å². The van der Waals surface area contributed by atoms with E-state index in [9.17, 15) is 8.42 Å². The number of anilines is 1. The summed E-state index contributed by atoms with van der Waals surface area (Å²) in [5.74, 6) is 1.27. The summed E-state index contributed by atoms with van der Waals surface area (Å²) in [4.78, 5) is 7.26. The third kappa shape index (κ3) is 3.29. The molecule has 4 rings (SSSR count). The molecule has 0 spiro atoms. The van der Waals surface area contributed by atoms with E-state index in [1.165, 1.54) is 0 Å². The van der Waals surface area contributed by atoms with E-state index in [2.05, 4.69) is 23.3 Å². The van der Waals surface area contributed by atoms with Crippen molar-refractivity contribution in [3.05, 3.63) is 54.1 Å². The molecule has 2 heterocycles. The first-order valence-corrected chi connectivity index (χ1v) is 11.1. The normalized spacial score (nSPS) is 16.2. The second-order valence-corrected chi connectivity index (χ2v) is 9.51. The molecule has 0 bridgehead atoms. The maximum atomic E-state index is 13.0. The average Bonchev–Trinajstić information content (AvgIpc) is 3.05. The van der Waals surface area contributed by atoms with E-state index in [-0.39, 0.29) is 0 Å². The maximum Gasteiger partial charge on any atom is 0.243 e. The van der Waals surface area contributed by atoms with Crippen molar-refractivity contribution in [2.45, 2.75) is 24.7 Å². The van der Waals surface area contributed by atoms with Crippen molar-refractivity contribution < 1.29 is 8.42 Å². The molecule has 1 fully saturated rings. The van der Waals surface area contributed by atoms with Gasteiger partial charge in [-0.1, -0.05) is 38.1 Å². The van der Waals surface area contributed by atoms with Crippen LogP contribution >= 0.6 is 0 Å². The smallest absolute Gasteiger partial charge is 0.243 e. The molecule has 148 valence electrons. The van der Waals surface area contributed by atoms with Crippen LogP contribution in [0.25, 0.3) is 11.0 Å². The Kier molecular flexibility index (Phi) is 4.89. The maximum absolute atomic E-state index is 13.0. The molecule has 0 N–H and O–H groups in total. The largest absolute Gasteiger partial charge is 0.340 e. The molecule has 28 heavy (non-hydrogen) atoms. The topological polar surface area (TPSA) is 58.4 Å². The molecular weight excluding hydrogens is 372 g/mol. The molecule has 0 unspecified atom stereocenters. The monoisotopic (exact) mass is 398 g/mol. The first-order chi connectivity index (χ1) is 13.4. The standard InChI is InChI=1S/C21H26N4O2S/c1-16(2)17-8-10-18(11-9-17)28(26,27)25-14-12-24(13-15-25)21-22-19-6-4-5-7-20(19)23(21)3/h4-11,16H,12-15H2,1-3H3. The summed E-state index contributed by atoms with van der Waals surface area (Å²) in [5.41, 5.74) is 3.18. The number of nitrogens with zero attached hydrogens (tertiary/aromatic N) is 4. The van der Waals surface area contributed by atoms with Crippen LogP contribution in [0.3, 0.4) is 0 Å². The molecule has 0 saturated carbocycles. The quantitative estimate of drug-likeness (QED) is 0.677. The zero-order valence-corrected chi connectivity index (χ0v) is 17.4. The Morgan fingerprint density at radius 2 is 1.57 bits per heavy atom. The van der Waals surface area contributed by atoms with Crippen molar-refractivity contribution in [1.29, 1.82) is 0 Å². The molecule has 0 atom stereocenters. The number of hydrogen-bond acceptors (Lipinski definition) is 4. The van der Waals surface area contributed by atoms with Crippen LogP contribution in [-0.4, -0.2) is 48.5 Å². The Morgan fingerprint density at radius 3 is 2.18 bits per heavy atom. The van der Waals surface area contributed by atoms with Crippen LogP contribution in [0.4, 0.5) is 5.95 Å². The van der Waals surface area contributed by atoms with Crippen molar-refractivity contribution in [3.8, 4) is 0 Å². The predicted molar refractivity (Wildman–Crippen MR) is 112 cm³/mol. The Bertz CT molecular complexity index is 1080. The van der Waals surface area contributed by atoms with E-state index in [0.717, 1.165) is 22.5 Å². The molecule has 1 aliphatic rings. The molecule has 1 saturated heterocycles. The summed E-state index contributed by atoms with van der Waals surface area (Å²) in [6, 6.07) is 15.3. The van der Waals surface area contributed by atoms with E-state index in [0.29, 0.717) is 37.0 Å². The van der Waals surface area contributed by atoms with E-state index >= 15 is 0 Å². The van der Waals surface area contributed by atoms with Gasteiger partial charge in [0.1, 0.15) is 0 Å². The lowest BCUT2D eigenvalue weighted by atomic mass is 10.0. The molecule has 6 nitrogen and oxygen atoms in total. The van der Waals surface area contributed by atoms with Crippen molar-refractivity contribution in [3.63, 3.8) is 0 Å². The number of benzene rings is 2. The van der Waals surface area contributed by atoms with Gasteiger partial charge in [0.15, 0.2) is 0 Å². The fourth-order valence-corrected chi connectivity index (χ4v) is 5.14. The molecule has 0 aliphatic carbocycles. The molecule has 3 aromatic rings. The molecule has 1 aromatic heterocycles. The lowest BCUT2D eigenvalue weighted by molar-refractivity contribution is 0.381. The highest BCUT2D eigenvalue weighted by Crippen LogP contribution is 2.25. The van der Waals surface area contributed by atoms with Crippen LogP contribution in [0.2, 0.25) is 0 Å². The van der Waals surface area contributed by atoms with E-state index in [1.807, 2.05) is 43.4 Å². The summed E-state index contributed by atoms with van der Waals surface area (Å²) in [5, 5.41) is 0. The molecule has 2 aromatic carbocycles. The molecule has 7 heteroatoms. The highest BCUT2D eigenvalue weighted by atomic mass is 32.2. The number of rotatable bonds is 4. The first kappa shape index (κ1) is 19.0. The Balaban J connectivity index is 1.50. The van der Waals surface area contributed by atoms with Gasteiger partial charge < -0.3 is 9.47 Å². The SMILES string of the molecule is CC(C)c1ccc(S(=O)(=O)N2CCN(c3nc4ccccc4n3C)CC2)cc1. The molecule has 0 radical (unpaired) electrons. The van der Waals surface area contributed by atoms with E-state index in [4.69, 9.17) is 4.98 Å². The summed E-state index contributed by atoms with van der Waals surface area (Å²) in [6.45, 7) is 6.36. The summed E-state index contributed by atoms with van der Waals surface area (Å²) >= 11 is 0. The van der Waals surface area contributed by atoms with Crippen LogP contribution in [0.5, 0.6) is 0 Å². The van der Waals surface area contributed by atoms with Gasteiger partial charge in [0.25, 0.3) is 0 Å². The third-order valence-corrected chi connectivity index (χ3v) is 7.38. The molecule has 0 amide bonds. The zero-order valence-electron chi connectivity index (χ0n) is 16.5. The minimum absolute atomic E-state index is 0.369. The summed E-state index contributed by atoms with van der Waals surface area (Å²) in [6.07, 6.45) is 0. The van der Waals surface area contributed by atoms with Gasteiger partial charge in [-0.05, 0) is 35.7 Å². The zero-order chi connectivity index (χ0) is 19.9. The van der Waals surface area contributed by atoms with Gasteiger partial charge in [-0.2, -0.15) is 4.31 Å². The third-order valence-electron chi connectivity index (χ3n) is 5.47. The lowest BCUT2D eigenvalue weighted by Gasteiger charge is -2.34. The number of hydrogen-bond donors (Lipinski definition) is 0. The minimum Gasteiger partial charge on any atom is -0.340 e. The van der Waals surface area contributed by atoms with Gasteiger partial charge in [0, 0.05) is 33.2 Å². The Hall–Kier alpha value is -2.38. The van der Waals surface area contributed by atoms with Crippen molar-refractivity contribution >= 4 is 27.0 Å². The van der Waals surface area contributed by atoms with Gasteiger partial charge in [0.2, 0.25) is 16.0 Å². The lowest BCUT2D eigenvalue weighted by Crippen LogP contribution is -2.49. The van der Waals surface area contributed by atoms with Crippen LogP contribution < -0.4 is 4.90 Å². The summed E-state index contributed by atoms with van der Waals surface area (Å²) in [7, 11) is -1.46. The minimum atomic E-state index is -3.47. The number of imidazole rings is 1. The van der Waals surface area contributed by atoms with Crippen LogP contribution in [0.15, 0.2) is 53.4 Å². The highest BCUT2D eigenvalue weighted by molar-refractivity contribution is 7.89. The number of aryl methyl sites for hydroxylation is 1. The van der Waals surface area contributed by atoms with Crippen molar-refractivity contribution in [2.75, 3.05) is 31.1 Å². The Labute approximate surface area is 166 Å². The number of aromatic nitrogens is 2. The van der Waals surface area contributed by atoms with E-state index in [1.54, 1.807) is 16.4 Å². The highest BCUT2D eigenvalue weighted by Gasteiger charge is 2.30. The van der Waals surface area contributed by atoms with Gasteiger partial charge in [-0.15, -0.1) is 0 Å². The number of para-hydroxylation sites is 2. The molecule has 1 aliphatic heterocycles. The van der Waals surface area contributed by atoms with Crippen LogP contribution in [-0.2, 0) is 17.1 Å².